The molecule has 2 amide bonds. The molecule has 7 heteroatoms. The molecule has 1 aliphatic carbocycles. The molecule has 0 atom stereocenters. The molecule has 1 aromatic carbocycles. The SMILES string of the molecule is CCOC(=O)Oc1ccc(C(=O)N2CCC(NC(=O)C3CCCCC3)CC2)cc1. The molecule has 2 fully saturated rings. The Bertz CT molecular complexity index is 704. The molecule has 1 aliphatic heterocycles. The van der Waals surface area contributed by atoms with Crippen molar-refractivity contribution < 1.29 is 23.9 Å². The number of piperidine rings is 1. The molecule has 0 radical (unpaired) electrons. The molecule has 2 aliphatic rings. The van der Waals surface area contributed by atoms with Gasteiger partial charge in [0.2, 0.25) is 5.91 Å². The Labute approximate surface area is 171 Å². The molecule has 0 spiro atoms. The van der Waals surface area contributed by atoms with Gasteiger partial charge < -0.3 is 19.7 Å². The molecule has 0 bridgehead atoms. The second-order valence-corrected chi connectivity index (χ2v) is 7.72. The number of amides is 2. The summed E-state index contributed by atoms with van der Waals surface area (Å²) in [7, 11) is 0. The number of carbonyl (C=O) groups excluding carboxylic acids is 3. The van der Waals surface area contributed by atoms with Crippen molar-refractivity contribution in [1.29, 1.82) is 0 Å². The van der Waals surface area contributed by atoms with Crippen molar-refractivity contribution in [2.24, 2.45) is 5.92 Å². The first-order chi connectivity index (χ1) is 14.1. The van der Waals surface area contributed by atoms with Gasteiger partial charge in [-0.15, -0.1) is 0 Å². The topological polar surface area (TPSA) is 84.9 Å². The van der Waals surface area contributed by atoms with Crippen molar-refractivity contribution in [3.8, 4) is 5.75 Å². The number of nitrogens with one attached hydrogen (secondary N) is 1. The van der Waals surface area contributed by atoms with Crippen LogP contribution in [-0.2, 0) is 9.53 Å². The minimum absolute atomic E-state index is 0.0512. The largest absolute Gasteiger partial charge is 0.513 e. The highest BCUT2D eigenvalue weighted by Crippen LogP contribution is 2.24. The quantitative estimate of drug-likeness (QED) is 0.602. The second-order valence-electron chi connectivity index (χ2n) is 7.72. The lowest BCUT2D eigenvalue weighted by Gasteiger charge is -2.33. The summed E-state index contributed by atoms with van der Waals surface area (Å²) >= 11 is 0. The fourth-order valence-corrected chi connectivity index (χ4v) is 4.00. The van der Waals surface area contributed by atoms with E-state index in [-0.39, 0.29) is 30.4 Å². The number of benzene rings is 1. The average molecular weight is 402 g/mol. The number of likely N-dealkylation sites (tertiary alicyclic amines) is 1. The van der Waals surface area contributed by atoms with Gasteiger partial charge in [-0.05, 0) is 56.9 Å². The van der Waals surface area contributed by atoms with Crippen molar-refractivity contribution in [2.75, 3.05) is 19.7 Å². The fourth-order valence-electron chi connectivity index (χ4n) is 4.00. The molecule has 1 aromatic rings. The van der Waals surface area contributed by atoms with Gasteiger partial charge in [0.05, 0.1) is 6.61 Å². The predicted octanol–water partition coefficient (Wildman–Crippen LogP) is 3.52. The lowest BCUT2D eigenvalue weighted by molar-refractivity contribution is -0.126. The third-order valence-electron chi connectivity index (χ3n) is 5.67. The lowest BCUT2D eigenvalue weighted by atomic mass is 9.88. The molecule has 0 aromatic heterocycles. The maximum Gasteiger partial charge on any atom is 0.513 e. The summed E-state index contributed by atoms with van der Waals surface area (Å²) < 4.78 is 9.74. The highest BCUT2D eigenvalue weighted by atomic mass is 16.7. The van der Waals surface area contributed by atoms with Gasteiger partial charge in [-0.1, -0.05) is 19.3 Å². The van der Waals surface area contributed by atoms with Crippen molar-refractivity contribution in [2.45, 2.75) is 57.9 Å². The van der Waals surface area contributed by atoms with E-state index in [1.165, 1.54) is 6.42 Å². The van der Waals surface area contributed by atoms with Crippen LogP contribution in [0.2, 0.25) is 0 Å². The van der Waals surface area contributed by atoms with Crippen LogP contribution in [0.25, 0.3) is 0 Å². The average Bonchev–Trinajstić information content (AvgIpc) is 2.75. The summed E-state index contributed by atoms with van der Waals surface area (Å²) in [6.07, 6.45) is 6.31. The number of ether oxygens (including phenoxy) is 2. The number of carbonyl (C=O) groups is 3. The Hall–Kier alpha value is -2.57. The molecule has 3 rings (SSSR count). The van der Waals surface area contributed by atoms with Gasteiger partial charge in [0.1, 0.15) is 5.75 Å². The maximum absolute atomic E-state index is 12.7. The summed E-state index contributed by atoms with van der Waals surface area (Å²) in [5, 5.41) is 3.19. The minimum Gasteiger partial charge on any atom is -0.434 e. The third-order valence-corrected chi connectivity index (χ3v) is 5.67. The molecule has 1 heterocycles. The fraction of sp³-hybridized carbons (Fsp3) is 0.591. The zero-order valence-corrected chi connectivity index (χ0v) is 17.0. The van der Waals surface area contributed by atoms with Crippen LogP contribution in [0.3, 0.4) is 0 Å². The van der Waals surface area contributed by atoms with E-state index in [0.717, 1.165) is 38.5 Å². The van der Waals surface area contributed by atoms with E-state index in [2.05, 4.69) is 5.32 Å². The first kappa shape index (κ1) is 21.1. The number of hydrogen-bond acceptors (Lipinski definition) is 5. The monoisotopic (exact) mass is 402 g/mol. The molecule has 1 saturated carbocycles. The van der Waals surface area contributed by atoms with E-state index in [1.54, 1.807) is 31.2 Å². The maximum atomic E-state index is 12.7. The van der Waals surface area contributed by atoms with Crippen LogP contribution < -0.4 is 10.1 Å². The van der Waals surface area contributed by atoms with Crippen molar-refractivity contribution in [3.63, 3.8) is 0 Å². The van der Waals surface area contributed by atoms with Crippen LogP contribution in [0.1, 0.15) is 62.2 Å². The van der Waals surface area contributed by atoms with Crippen LogP contribution in [0.4, 0.5) is 4.79 Å². The molecule has 1 saturated heterocycles. The second kappa shape index (κ2) is 10.3. The highest BCUT2D eigenvalue weighted by Gasteiger charge is 2.27. The Morgan fingerprint density at radius 2 is 1.66 bits per heavy atom. The molecule has 158 valence electrons. The summed E-state index contributed by atoms with van der Waals surface area (Å²) in [5.41, 5.74) is 0.547. The predicted molar refractivity (Wildman–Crippen MR) is 108 cm³/mol. The van der Waals surface area contributed by atoms with Gasteiger partial charge >= 0.3 is 6.16 Å². The summed E-state index contributed by atoms with van der Waals surface area (Å²) in [6, 6.07) is 6.61. The highest BCUT2D eigenvalue weighted by molar-refractivity contribution is 5.94. The van der Waals surface area contributed by atoms with E-state index in [0.29, 0.717) is 24.4 Å². The van der Waals surface area contributed by atoms with E-state index in [1.807, 2.05) is 4.90 Å². The molecular formula is C22H30N2O5. The van der Waals surface area contributed by atoms with Gasteiger partial charge in [-0.3, -0.25) is 9.59 Å². The van der Waals surface area contributed by atoms with Crippen LogP contribution in [-0.4, -0.2) is 48.6 Å². The van der Waals surface area contributed by atoms with Crippen LogP contribution in [0.5, 0.6) is 5.75 Å². The van der Waals surface area contributed by atoms with Crippen LogP contribution in [0, 0.1) is 5.92 Å². The van der Waals surface area contributed by atoms with E-state index in [9.17, 15) is 14.4 Å². The standard InChI is InChI=1S/C22H30N2O5/c1-2-28-22(27)29-19-10-8-17(9-11-19)21(26)24-14-12-18(13-15-24)23-20(25)16-6-4-3-5-7-16/h8-11,16,18H,2-7,12-15H2,1H3,(H,23,25). The van der Waals surface area contributed by atoms with Crippen molar-refractivity contribution in [3.05, 3.63) is 29.8 Å². The Balaban J connectivity index is 1.45. The van der Waals surface area contributed by atoms with Crippen LogP contribution in [0.15, 0.2) is 24.3 Å². The lowest BCUT2D eigenvalue weighted by Crippen LogP contribution is -2.48. The summed E-state index contributed by atoms with van der Waals surface area (Å²) in [5.74, 6) is 0.638. The van der Waals surface area contributed by atoms with E-state index < -0.39 is 6.16 Å². The Morgan fingerprint density at radius 1 is 1.00 bits per heavy atom. The summed E-state index contributed by atoms with van der Waals surface area (Å²) in [4.78, 5) is 38.3. The normalized spacial score (nSPS) is 18.2. The Kier molecular flexibility index (Phi) is 7.49. The number of rotatable bonds is 5. The first-order valence-corrected chi connectivity index (χ1v) is 10.6. The Morgan fingerprint density at radius 3 is 2.28 bits per heavy atom. The number of nitrogens with zero attached hydrogens (tertiary/aromatic N) is 1. The molecular weight excluding hydrogens is 372 g/mol. The van der Waals surface area contributed by atoms with E-state index in [4.69, 9.17) is 9.47 Å². The zero-order chi connectivity index (χ0) is 20.6. The van der Waals surface area contributed by atoms with Gasteiger partial charge in [0.25, 0.3) is 5.91 Å². The molecule has 7 nitrogen and oxygen atoms in total. The number of hydrogen-bond donors (Lipinski definition) is 1. The first-order valence-electron chi connectivity index (χ1n) is 10.6. The van der Waals surface area contributed by atoms with Crippen LogP contribution >= 0.6 is 0 Å². The van der Waals surface area contributed by atoms with Gasteiger partial charge in [0, 0.05) is 30.6 Å². The van der Waals surface area contributed by atoms with Gasteiger partial charge in [-0.2, -0.15) is 0 Å². The van der Waals surface area contributed by atoms with Crippen molar-refractivity contribution >= 4 is 18.0 Å². The summed E-state index contributed by atoms with van der Waals surface area (Å²) in [6.45, 7) is 3.19. The minimum atomic E-state index is -0.760. The van der Waals surface area contributed by atoms with Gasteiger partial charge in [0.15, 0.2) is 0 Å². The smallest absolute Gasteiger partial charge is 0.434 e. The van der Waals surface area contributed by atoms with Gasteiger partial charge in [-0.25, -0.2) is 4.79 Å². The van der Waals surface area contributed by atoms with Crippen molar-refractivity contribution in [1.82, 2.24) is 10.2 Å². The third kappa shape index (κ3) is 5.95. The molecule has 1 N–H and O–H groups in total. The molecule has 0 unspecified atom stereocenters. The molecule has 29 heavy (non-hydrogen) atoms. The van der Waals surface area contributed by atoms with E-state index >= 15 is 0 Å². The zero-order valence-electron chi connectivity index (χ0n) is 17.0.